The first-order valence-electron chi connectivity index (χ1n) is 7.29. The van der Waals surface area contributed by atoms with Crippen molar-refractivity contribution in [2.24, 2.45) is 0 Å². The van der Waals surface area contributed by atoms with Crippen LogP contribution in [0, 0.1) is 12.3 Å². The van der Waals surface area contributed by atoms with Gasteiger partial charge in [0.1, 0.15) is 0 Å². The molecule has 2 rings (SSSR count). The molecule has 0 aromatic heterocycles. The smallest absolute Gasteiger partial charge is 0.319 e. The molecule has 2 aromatic carbocycles. The highest BCUT2D eigenvalue weighted by Gasteiger charge is 2.26. The van der Waals surface area contributed by atoms with Gasteiger partial charge in [-0.15, -0.1) is 6.42 Å². The van der Waals surface area contributed by atoms with Gasteiger partial charge in [-0.2, -0.15) is 0 Å². The van der Waals surface area contributed by atoms with E-state index in [0.717, 1.165) is 17.5 Å². The molecule has 3 heteroatoms. The van der Waals surface area contributed by atoms with Crippen molar-refractivity contribution in [2.75, 3.05) is 5.32 Å². The first-order valence-corrected chi connectivity index (χ1v) is 7.29. The highest BCUT2D eigenvalue weighted by atomic mass is 16.2. The Kier molecular flexibility index (Phi) is 4.85. The standard InChI is InChI=1S/C19H20N2O/c1-4-15-10-9-13-17(14-15)20-18(22)21-19(3,5-2)16-11-7-6-8-12-16/h1,6-14H,5H2,2-3H3,(H2,20,21,22)/t19-/m0/s1. The number of carbonyl (C=O) groups is 1. The molecule has 0 aliphatic carbocycles. The molecule has 0 aliphatic heterocycles. The maximum Gasteiger partial charge on any atom is 0.319 e. The summed E-state index contributed by atoms with van der Waals surface area (Å²) in [6.45, 7) is 4.06. The van der Waals surface area contributed by atoms with E-state index in [4.69, 9.17) is 6.42 Å². The Hall–Kier alpha value is -2.73. The summed E-state index contributed by atoms with van der Waals surface area (Å²) < 4.78 is 0. The SMILES string of the molecule is C#Cc1cccc(NC(=O)N[C@@](C)(CC)c2ccccc2)c1. The van der Waals surface area contributed by atoms with Gasteiger partial charge in [0.15, 0.2) is 0 Å². The van der Waals surface area contributed by atoms with E-state index >= 15 is 0 Å². The largest absolute Gasteiger partial charge is 0.329 e. The molecule has 0 unspecified atom stereocenters. The predicted molar refractivity (Wildman–Crippen MR) is 90.6 cm³/mol. The summed E-state index contributed by atoms with van der Waals surface area (Å²) in [6, 6.07) is 16.9. The highest BCUT2D eigenvalue weighted by Crippen LogP contribution is 2.24. The fourth-order valence-corrected chi connectivity index (χ4v) is 2.27. The molecule has 0 saturated heterocycles. The summed E-state index contributed by atoms with van der Waals surface area (Å²) in [5, 5.41) is 5.87. The van der Waals surface area contributed by atoms with Crippen molar-refractivity contribution < 1.29 is 4.79 Å². The third kappa shape index (κ3) is 3.67. The molecular formula is C19H20N2O. The minimum atomic E-state index is -0.422. The molecule has 2 amide bonds. The van der Waals surface area contributed by atoms with Crippen molar-refractivity contribution in [2.45, 2.75) is 25.8 Å². The summed E-state index contributed by atoms with van der Waals surface area (Å²) in [6.07, 6.45) is 6.16. The Bertz CT molecular complexity index is 688. The van der Waals surface area contributed by atoms with Gasteiger partial charge >= 0.3 is 6.03 Å². The summed E-state index contributed by atoms with van der Waals surface area (Å²) in [4.78, 5) is 12.3. The van der Waals surface area contributed by atoms with E-state index < -0.39 is 5.54 Å². The van der Waals surface area contributed by atoms with Crippen molar-refractivity contribution >= 4 is 11.7 Å². The van der Waals surface area contributed by atoms with E-state index in [9.17, 15) is 4.79 Å². The van der Waals surface area contributed by atoms with Gasteiger partial charge in [0.2, 0.25) is 0 Å². The van der Waals surface area contributed by atoms with E-state index in [0.29, 0.717) is 5.69 Å². The number of hydrogen-bond donors (Lipinski definition) is 2. The van der Waals surface area contributed by atoms with Gasteiger partial charge < -0.3 is 10.6 Å². The molecule has 1 atom stereocenters. The van der Waals surface area contributed by atoms with Crippen LogP contribution in [0.2, 0.25) is 0 Å². The molecule has 0 bridgehead atoms. The zero-order valence-corrected chi connectivity index (χ0v) is 12.9. The normalized spacial score (nSPS) is 12.8. The second-order valence-corrected chi connectivity index (χ2v) is 5.36. The summed E-state index contributed by atoms with van der Waals surface area (Å²) >= 11 is 0. The Labute approximate surface area is 131 Å². The maximum atomic E-state index is 12.3. The van der Waals surface area contributed by atoms with E-state index in [2.05, 4.69) is 16.6 Å². The number of nitrogens with one attached hydrogen (secondary N) is 2. The van der Waals surface area contributed by atoms with Gasteiger partial charge in [-0.25, -0.2) is 4.79 Å². The van der Waals surface area contributed by atoms with Gasteiger partial charge in [-0.3, -0.25) is 0 Å². The quantitative estimate of drug-likeness (QED) is 0.818. The Morgan fingerprint density at radius 3 is 2.55 bits per heavy atom. The fraction of sp³-hybridized carbons (Fsp3) is 0.211. The Morgan fingerprint density at radius 2 is 1.91 bits per heavy atom. The van der Waals surface area contributed by atoms with Crippen LogP contribution >= 0.6 is 0 Å². The lowest BCUT2D eigenvalue weighted by molar-refractivity contribution is 0.238. The second-order valence-electron chi connectivity index (χ2n) is 5.36. The zero-order chi connectivity index (χ0) is 16.0. The van der Waals surface area contributed by atoms with Crippen LogP contribution in [0.4, 0.5) is 10.5 Å². The van der Waals surface area contributed by atoms with Crippen LogP contribution in [0.3, 0.4) is 0 Å². The number of carbonyl (C=O) groups excluding carboxylic acids is 1. The first-order chi connectivity index (χ1) is 10.6. The van der Waals surface area contributed by atoms with E-state index in [1.165, 1.54) is 0 Å². The van der Waals surface area contributed by atoms with Crippen LogP contribution < -0.4 is 10.6 Å². The lowest BCUT2D eigenvalue weighted by Crippen LogP contribution is -2.45. The van der Waals surface area contributed by atoms with Crippen LogP contribution in [-0.2, 0) is 5.54 Å². The zero-order valence-electron chi connectivity index (χ0n) is 12.9. The average Bonchev–Trinajstić information content (AvgIpc) is 2.55. The third-order valence-corrected chi connectivity index (χ3v) is 3.79. The van der Waals surface area contributed by atoms with Gasteiger partial charge in [-0.05, 0) is 37.1 Å². The van der Waals surface area contributed by atoms with Crippen molar-refractivity contribution in [3.63, 3.8) is 0 Å². The molecule has 112 valence electrons. The van der Waals surface area contributed by atoms with Crippen molar-refractivity contribution in [1.82, 2.24) is 5.32 Å². The third-order valence-electron chi connectivity index (χ3n) is 3.79. The molecule has 0 fully saturated rings. The number of hydrogen-bond acceptors (Lipinski definition) is 1. The number of terminal acetylenes is 1. The summed E-state index contributed by atoms with van der Waals surface area (Å²) in [7, 11) is 0. The molecule has 0 heterocycles. The van der Waals surface area contributed by atoms with E-state index in [-0.39, 0.29) is 6.03 Å². The number of rotatable bonds is 4. The molecule has 0 spiro atoms. The van der Waals surface area contributed by atoms with Crippen LogP contribution in [-0.4, -0.2) is 6.03 Å². The lowest BCUT2D eigenvalue weighted by Gasteiger charge is -2.30. The van der Waals surface area contributed by atoms with E-state index in [1.807, 2.05) is 62.4 Å². The van der Waals surface area contributed by atoms with E-state index in [1.54, 1.807) is 6.07 Å². The molecule has 22 heavy (non-hydrogen) atoms. The Morgan fingerprint density at radius 1 is 1.18 bits per heavy atom. The second kappa shape index (κ2) is 6.82. The van der Waals surface area contributed by atoms with Crippen molar-refractivity contribution in [1.29, 1.82) is 0 Å². The highest BCUT2D eigenvalue weighted by molar-refractivity contribution is 5.90. The minimum absolute atomic E-state index is 0.248. The fourth-order valence-electron chi connectivity index (χ4n) is 2.27. The van der Waals surface area contributed by atoms with Gasteiger partial charge in [0.25, 0.3) is 0 Å². The number of amides is 2. The summed E-state index contributed by atoms with van der Waals surface area (Å²) in [5.41, 5.74) is 2.07. The minimum Gasteiger partial charge on any atom is -0.329 e. The number of benzene rings is 2. The van der Waals surface area contributed by atoms with Crippen LogP contribution in [0.15, 0.2) is 54.6 Å². The Balaban J connectivity index is 2.11. The average molecular weight is 292 g/mol. The van der Waals surface area contributed by atoms with Crippen LogP contribution in [0.1, 0.15) is 31.4 Å². The van der Waals surface area contributed by atoms with Crippen molar-refractivity contribution in [3.05, 3.63) is 65.7 Å². The predicted octanol–water partition coefficient (Wildman–Crippen LogP) is 4.11. The van der Waals surface area contributed by atoms with Crippen LogP contribution in [0.25, 0.3) is 0 Å². The molecule has 2 aromatic rings. The topological polar surface area (TPSA) is 41.1 Å². The van der Waals surface area contributed by atoms with Gasteiger partial charge in [0, 0.05) is 11.3 Å². The molecule has 0 aliphatic rings. The van der Waals surface area contributed by atoms with Crippen LogP contribution in [0.5, 0.6) is 0 Å². The molecule has 0 radical (unpaired) electrons. The lowest BCUT2D eigenvalue weighted by atomic mass is 9.89. The maximum absolute atomic E-state index is 12.3. The molecule has 2 N–H and O–H groups in total. The van der Waals surface area contributed by atoms with Gasteiger partial charge in [-0.1, -0.05) is 49.2 Å². The number of urea groups is 1. The van der Waals surface area contributed by atoms with Crippen molar-refractivity contribution in [3.8, 4) is 12.3 Å². The first kappa shape index (κ1) is 15.7. The molecular weight excluding hydrogens is 272 g/mol. The number of anilines is 1. The van der Waals surface area contributed by atoms with Gasteiger partial charge in [0.05, 0.1) is 5.54 Å². The molecule has 0 saturated carbocycles. The summed E-state index contributed by atoms with van der Waals surface area (Å²) in [5.74, 6) is 2.55. The monoisotopic (exact) mass is 292 g/mol. The molecule has 3 nitrogen and oxygen atoms in total.